The number of aryl methyl sites for hydroxylation is 1. The summed E-state index contributed by atoms with van der Waals surface area (Å²) in [6.45, 7) is 1.78. The summed E-state index contributed by atoms with van der Waals surface area (Å²) in [5, 5.41) is 0. The summed E-state index contributed by atoms with van der Waals surface area (Å²) < 4.78 is 5.18. The van der Waals surface area contributed by atoms with E-state index in [4.69, 9.17) is 4.74 Å². The molecule has 1 aliphatic carbocycles. The standard InChI is InChI=1S/C20H24N2O2/c1-24-13-12-22(15-16-8-10-21-11-9-16)20(23)14-18-7-6-17-4-2-3-5-19(17)18/h2-5,8-11,18H,6-7,12-15H2,1H3. The molecule has 126 valence electrons. The molecule has 1 atom stereocenters. The van der Waals surface area contributed by atoms with Gasteiger partial charge in [-0.1, -0.05) is 24.3 Å². The predicted octanol–water partition coefficient (Wildman–Crippen LogP) is 3.18. The molecule has 1 aromatic carbocycles. The minimum Gasteiger partial charge on any atom is -0.383 e. The van der Waals surface area contributed by atoms with Crippen LogP contribution in [0.1, 0.15) is 35.4 Å². The van der Waals surface area contributed by atoms with Gasteiger partial charge in [0.25, 0.3) is 0 Å². The van der Waals surface area contributed by atoms with Gasteiger partial charge >= 0.3 is 0 Å². The molecule has 0 N–H and O–H groups in total. The summed E-state index contributed by atoms with van der Waals surface area (Å²) in [7, 11) is 1.67. The number of methoxy groups -OCH3 is 1. The first-order valence-corrected chi connectivity index (χ1v) is 8.51. The molecular weight excluding hydrogens is 300 g/mol. The molecule has 1 aliphatic rings. The van der Waals surface area contributed by atoms with E-state index in [2.05, 4.69) is 29.2 Å². The fraction of sp³-hybridized carbons (Fsp3) is 0.400. The number of carbonyl (C=O) groups excluding carboxylic acids is 1. The van der Waals surface area contributed by atoms with Crippen LogP contribution in [-0.4, -0.2) is 36.1 Å². The van der Waals surface area contributed by atoms with Crippen LogP contribution in [0.2, 0.25) is 0 Å². The summed E-state index contributed by atoms with van der Waals surface area (Å²) >= 11 is 0. The van der Waals surface area contributed by atoms with Gasteiger partial charge in [0.1, 0.15) is 0 Å². The van der Waals surface area contributed by atoms with E-state index < -0.39 is 0 Å². The molecule has 1 heterocycles. The third-order valence-electron chi connectivity index (χ3n) is 4.72. The second kappa shape index (κ2) is 8.06. The Bertz CT molecular complexity index is 672. The second-order valence-electron chi connectivity index (χ2n) is 6.30. The van der Waals surface area contributed by atoms with E-state index in [0.717, 1.165) is 18.4 Å². The number of benzene rings is 1. The van der Waals surface area contributed by atoms with Crippen molar-refractivity contribution >= 4 is 5.91 Å². The Morgan fingerprint density at radius 2 is 2.04 bits per heavy atom. The van der Waals surface area contributed by atoms with Crippen molar-refractivity contribution in [1.29, 1.82) is 0 Å². The van der Waals surface area contributed by atoms with Gasteiger partial charge in [0.15, 0.2) is 0 Å². The minimum absolute atomic E-state index is 0.200. The Labute approximate surface area is 143 Å². The van der Waals surface area contributed by atoms with E-state index in [1.54, 1.807) is 19.5 Å². The Kier molecular flexibility index (Phi) is 5.59. The molecule has 0 spiro atoms. The molecule has 0 radical (unpaired) electrons. The first-order chi connectivity index (χ1) is 11.8. The largest absolute Gasteiger partial charge is 0.383 e. The zero-order chi connectivity index (χ0) is 16.8. The number of rotatable bonds is 7. The van der Waals surface area contributed by atoms with Crippen LogP contribution in [0.15, 0.2) is 48.8 Å². The molecule has 3 rings (SSSR count). The van der Waals surface area contributed by atoms with Crippen molar-refractivity contribution in [2.24, 2.45) is 0 Å². The minimum atomic E-state index is 0.200. The Morgan fingerprint density at radius 3 is 2.83 bits per heavy atom. The molecule has 0 fully saturated rings. The molecule has 2 aromatic rings. The molecule has 1 aromatic heterocycles. The summed E-state index contributed by atoms with van der Waals surface area (Å²) in [5.41, 5.74) is 3.84. The summed E-state index contributed by atoms with van der Waals surface area (Å²) in [6.07, 6.45) is 6.25. The number of fused-ring (bicyclic) bond motifs is 1. The van der Waals surface area contributed by atoms with Crippen LogP contribution in [0.3, 0.4) is 0 Å². The van der Waals surface area contributed by atoms with Crippen LogP contribution in [0, 0.1) is 0 Å². The number of nitrogens with zero attached hydrogens (tertiary/aromatic N) is 2. The van der Waals surface area contributed by atoms with Gasteiger partial charge < -0.3 is 9.64 Å². The van der Waals surface area contributed by atoms with Crippen molar-refractivity contribution in [2.75, 3.05) is 20.3 Å². The highest BCUT2D eigenvalue weighted by Crippen LogP contribution is 2.35. The molecule has 24 heavy (non-hydrogen) atoms. The number of hydrogen-bond acceptors (Lipinski definition) is 3. The fourth-order valence-corrected chi connectivity index (χ4v) is 3.40. The van der Waals surface area contributed by atoms with Gasteiger partial charge in [0.2, 0.25) is 5.91 Å². The maximum absolute atomic E-state index is 12.9. The van der Waals surface area contributed by atoms with Crippen molar-refractivity contribution < 1.29 is 9.53 Å². The summed E-state index contributed by atoms with van der Waals surface area (Å²) in [5.74, 6) is 0.543. The van der Waals surface area contributed by atoms with E-state index in [1.165, 1.54) is 11.1 Å². The molecule has 0 saturated carbocycles. The zero-order valence-electron chi connectivity index (χ0n) is 14.1. The predicted molar refractivity (Wildman–Crippen MR) is 93.7 cm³/mol. The van der Waals surface area contributed by atoms with Gasteiger partial charge in [-0.05, 0) is 47.6 Å². The molecule has 0 bridgehead atoms. The number of carbonyl (C=O) groups is 1. The van der Waals surface area contributed by atoms with Crippen LogP contribution < -0.4 is 0 Å². The average Bonchev–Trinajstić information content (AvgIpc) is 3.02. The normalized spacial score (nSPS) is 16.0. The zero-order valence-corrected chi connectivity index (χ0v) is 14.1. The van der Waals surface area contributed by atoms with Crippen LogP contribution >= 0.6 is 0 Å². The van der Waals surface area contributed by atoms with Crippen LogP contribution in [0.5, 0.6) is 0 Å². The SMILES string of the molecule is COCCN(Cc1ccncc1)C(=O)CC1CCc2ccccc21. The van der Waals surface area contributed by atoms with E-state index in [1.807, 2.05) is 17.0 Å². The quantitative estimate of drug-likeness (QED) is 0.785. The summed E-state index contributed by atoms with van der Waals surface area (Å²) in [4.78, 5) is 18.8. The fourth-order valence-electron chi connectivity index (χ4n) is 3.40. The lowest BCUT2D eigenvalue weighted by Crippen LogP contribution is -2.34. The van der Waals surface area contributed by atoms with E-state index in [9.17, 15) is 4.79 Å². The molecule has 4 nitrogen and oxygen atoms in total. The molecule has 0 aliphatic heterocycles. The molecular formula is C20H24N2O2. The van der Waals surface area contributed by atoms with E-state index >= 15 is 0 Å². The lowest BCUT2D eigenvalue weighted by Gasteiger charge is -2.24. The van der Waals surface area contributed by atoms with Gasteiger partial charge in [-0.3, -0.25) is 9.78 Å². The Balaban J connectivity index is 1.67. The lowest BCUT2D eigenvalue weighted by atomic mass is 9.97. The van der Waals surface area contributed by atoms with Gasteiger partial charge in [-0.2, -0.15) is 0 Å². The highest BCUT2D eigenvalue weighted by molar-refractivity contribution is 5.77. The maximum atomic E-state index is 12.9. The lowest BCUT2D eigenvalue weighted by molar-refractivity contribution is -0.132. The van der Waals surface area contributed by atoms with Gasteiger partial charge in [0, 0.05) is 39.0 Å². The van der Waals surface area contributed by atoms with Crippen molar-refractivity contribution in [2.45, 2.75) is 31.7 Å². The third kappa shape index (κ3) is 4.01. The van der Waals surface area contributed by atoms with Gasteiger partial charge in [0.05, 0.1) is 6.61 Å². The smallest absolute Gasteiger partial charge is 0.223 e. The number of amides is 1. The van der Waals surface area contributed by atoms with E-state index in [-0.39, 0.29) is 5.91 Å². The van der Waals surface area contributed by atoms with Crippen molar-refractivity contribution in [3.05, 3.63) is 65.5 Å². The topological polar surface area (TPSA) is 42.4 Å². The Hall–Kier alpha value is -2.20. The van der Waals surface area contributed by atoms with Crippen LogP contribution in [0.25, 0.3) is 0 Å². The Morgan fingerprint density at radius 1 is 1.25 bits per heavy atom. The molecule has 1 amide bonds. The number of pyridine rings is 1. The molecule has 4 heteroatoms. The maximum Gasteiger partial charge on any atom is 0.223 e. The summed E-state index contributed by atoms with van der Waals surface area (Å²) in [6, 6.07) is 12.4. The highest BCUT2D eigenvalue weighted by atomic mass is 16.5. The monoisotopic (exact) mass is 324 g/mol. The second-order valence-corrected chi connectivity index (χ2v) is 6.30. The average molecular weight is 324 g/mol. The first kappa shape index (κ1) is 16.7. The first-order valence-electron chi connectivity index (χ1n) is 8.51. The van der Waals surface area contributed by atoms with Crippen LogP contribution in [0.4, 0.5) is 0 Å². The van der Waals surface area contributed by atoms with Crippen molar-refractivity contribution in [1.82, 2.24) is 9.88 Å². The number of hydrogen-bond donors (Lipinski definition) is 0. The van der Waals surface area contributed by atoms with Crippen LogP contribution in [-0.2, 0) is 22.5 Å². The van der Waals surface area contributed by atoms with Crippen molar-refractivity contribution in [3.63, 3.8) is 0 Å². The molecule has 1 unspecified atom stereocenters. The van der Waals surface area contributed by atoms with Gasteiger partial charge in [-0.25, -0.2) is 0 Å². The highest BCUT2D eigenvalue weighted by Gasteiger charge is 2.26. The van der Waals surface area contributed by atoms with E-state index in [0.29, 0.717) is 32.0 Å². The molecule has 0 saturated heterocycles. The number of aromatic nitrogens is 1. The third-order valence-corrected chi connectivity index (χ3v) is 4.72. The number of ether oxygens (including phenoxy) is 1. The van der Waals surface area contributed by atoms with Crippen molar-refractivity contribution in [3.8, 4) is 0 Å². The van der Waals surface area contributed by atoms with Gasteiger partial charge in [-0.15, -0.1) is 0 Å².